The maximum Gasteiger partial charge on any atom is 0.249 e. The monoisotopic (exact) mass is 524 g/mol. The van der Waals surface area contributed by atoms with Crippen LogP contribution in [0, 0.1) is 5.92 Å². The van der Waals surface area contributed by atoms with Crippen LogP contribution in [0.25, 0.3) is 0 Å². The SMILES string of the molecule is CC1CCC(=O)/C=C\C=C/1C(=O)NC(COCc1ccccc1)C(=O)Nc1ccc(Oc2ccccc2)cc1. The number of anilines is 1. The number of ether oxygens (including phenoxy) is 2. The Balaban J connectivity index is 1.43. The minimum absolute atomic E-state index is 0.0162. The first kappa shape index (κ1) is 27.5. The number of ketones is 1. The molecule has 0 aromatic heterocycles. The lowest BCUT2D eigenvalue weighted by Gasteiger charge is -2.22. The molecule has 0 bridgehead atoms. The van der Waals surface area contributed by atoms with Gasteiger partial charge in [0.25, 0.3) is 0 Å². The first-order chi connectivity index (χ1) is 19.0. The van der Waals surface area contributed by atoms with E-state index in [1.54, 1.807) is 36.4 Å². The Morgan fingerprint density at radius 3 is 2.31 bits per heavy atom. The maximum absolute atomic E-state index is 13.3. The van der Waals surface area contributed by atoms with Gasteiger partial charge in [0.2, 0.25) is 11.8 Å². The van der Waals surface area contributed by atoms with Gasteiger partial charge < -0.3 is 20.1 Å². The number of para-hydroxylation sites is 1. The Bertz CT molecular complexity index is 1320. The van der Waals surface area contributed by atoms with Crippen LogP contribution in [-0.2, 0) is 25.7 Å². The summed E-state index contributed by atoms with van der Waals surface area (Å²) < 4.78 is 11.6. The average molecular weight is 525 g/mol. The van der Waals surface area contributed by atoms with Gasteiger partial charge in [-0.15, -0.1) is 0 Å². The number of benzene rings is 3. The average Bonchev–Trinajstić information content (AvgIpc) is 2.94. The van der Waals surface area contributed by atoms with E-state index in [0.717, 1.165) is 5.56 Å². The molecule has 2 N–H and O–H groups in total. The third-order valence-electron chi connectivity index (χ3n) is 6.29. The van der Waals surface area contributed by atoms with E-state index in [0.29, 0.717) is 42.2 Å². The van der Waals surface area contributed by atoms with Crippen molar-refractivity contribution in [2.45, 2.75) is 32.4 Å². The van der Waals surface area contributed by atoms with E-state index in [4.69, 9.17) is 9.47 Å². The van der Waals surface area contributed by atoms with Gasteiger partial charge in [0.05, 0.1) is 13.2 Å². The highest BCUT2D eigenvalue weighted by Gasteiger charge is 2.25. The summed E-state index contributed by atoms with van der Waals surface area (Å²) in [4.78, 5) is 38.3. The van der Waals surface area contributed by atoms with Crippen molar-refractivity contribution in [3.8, 4) is 11.5 Å². The third kappa shape index (κ3) is 8.51. The molecule has 7 heteroatoms. The van der Waals surface area contributed by atoms with Crippen molar-refractivity contribution in [3.63, 3.8) is 0 Å². The van der Waals surface area contributed by atoms with Gasteiger partial charge in [-0.05, 0) is 60.4 Å². The second kappa shape index (κ2) is 13.9. The van der Waals surface area contributed by atoms with Crippen molar-refractivity contribution in [1.29, 1.82) is 0 Å². The van der Waals surface area contributed by atoms with Crippen LogP contribution in [-0.4, -0.2) is 30.2 Å². The molecule has 0 saturated carbocycles. The van der Waals surface area contributed by atoms with Crippen molar-refractivity contribution in [2.24, 2.45) is 5.92 Å². The third-order valence-corrected chi connectivity index (χ3v) is 6.29. The van der Waals surface area contributed by atoms with Crippen molar-refractivity contribution in [2.75, 3.05) is 11.9 Å². The van der Waals surface area contributed by atoms with E-state index < -0.39 is 11.9 Å². The molecule has 0 radical (unpaired) electrons. The number of hydrogen-bond acceptors (Lipinski definition) is 5. The number of nitrogens with one attached hydrogen (secondary N) is 2. The topological polar surface area (TPSA) is 93.7 Å². The van der Waals surface area contributed by atoms with Crippen molar-refractivity contribution in [1.82, 2.24) is 5.32 Å². The van der Waals surface area contributed by atoms with Crippen LogP contribution in [0.15, 0.2) is 109 Å². The minimum atomic E-state index is -0.939. The van der Waals surface area contributed by atoms with Crippen molar-refractivity contribution >= 4 is 23.3 Å². The number of carbonyl (C=O) groups is 3. The van der Waals surface area contributed by atoms with Gasteiger partial charge in [0.15, 0.2) is 5.78 Å². The van der Waals surface area contributed by atoms with Gasteiger partial charge >= 0.3 is 0 Å². The molecule has 2 atom stereocenters. The van der Waals surface area contributed by atoms with Crippen LogP contribution >= 0.6 is 0 Å². The summed E-state index contributed by atoms with van der Waals surface area (Å²) in [6.45, 7) is 2.19. The lowest BCUT2D eigenvalue weighted by Crippen LogP contribution is -2.47. The van der Waals surface area contributed by atoms with E-state index in [2.05, 4.69) is 10.6 Å². The Kier molecular flexibility index (Phi) is 9.80. The van der Waals surface area contributed by atoms with E-state index in [1.165, 1.54) is 6.08 Å². The Morgan fingerprint density at radius 2 is 1.59 bits per heavy atom. The van der Waals surface area contributed by atoms with E-state index in [1.807, 2.05) is 67.6 Å². The lowest BCUT2D eigenvalue weighted by molar-refractivity contribution is -0.126. The van der Waals surface area contributed by atoms with Gasteiger partial charge in [-0.2, -0.15) is 0 Å². The Morgan fingerprint density at radius 1 is 0.923 bits per heavy atom. The second-order valence-corrected chi connectivity index (χ2v) is 9.34. The molecule has 3 aromatic rings. The van der Waals surface area contributed by atoms with Crippen molar-refractivity contribution in [3.05, 3.63) is 114 Å². The summed E-state index contributed by atoms with van der Waals surface area (Å²) in [5.41, 5.74) is 2.04. The molecule has 0 spiro atoms. The first-order valence-electron chi connectivity index (χ1n) is 13.0. The number of rotatable bonds is 10. The molecule has 7 nitrogen and oxygen atoms in total. The summed E-state index contributed by atoms with van der Waals surface area (Å²) >= 11 is 0. The first-order valence-corrected chi connectivity index (χ1v) is 13.0. The number of hydrogen-bond donors (Lipinski definition) is 2. The highest BCUT2D eigenvalue weighted by molar-refractivity contribution is 6.01. The van der Waals surface area contributed by atoms with Crippen LogP contribution in [0.1, 0.15) is 25.3 Å². The summed E-state index contributed by atoms with van der Waals surface area (Å²) in [5.74, 6) is 0.473. The molecule has 0 heterocycles. The maximum atomic E-state index is 13.3. The molecule has 1 aliphatic rings. The standard InChI is InChI=1S/C32H32N2O5/c1-23-15-18-26(35)11-8-14-29(23)31(36)34-30(22-38-21-24-9-4-2-5-10-24)32(37)33-25-16-19-28(20-17-25)39-27-12-6-3-7-13-27/h2-14,16-17,19-20,23,30H,15,18,21-22H2,1H3,(H,33,37)(H,34,36)/b11-8-,29-14+. The Labute approximate surface area is 228 Å². The quantitative estimate of drug-likeness (QED) is 0.360. The molecule has 200 valence electrons. The highest BCUT2D eigenvalue weighted by Crippen LogP contribution is 2.23. The molecule has 1 aliphatic carbocycles. The molecule has 0 aliphatic heterocycles. The molecule has 0 fully saturated rings. The number of allylic oxidation sites excluding steroid dienone is 3. The predicted molar refractivity (Wildman–Crippen MR) is 150 cm³/mol. The van der Waals surface area contributed by atoms with Gasteiger partial charge in [0, 0.05) is 17.7 Å². The Hall–Kier alpha value is -4.49. The molecule has 2 unspecified atom stereocenters. The van der Waals surface area contributed by atoms with Gasteiger partial charge in [-0.25, -0.2) is 0 Å². The largest absolute Gasteiger partial charge is 0.457 e. The number of amides is 2. The van der Waals surface area contributed by atoms with Gasteiger partial charge in [-0.1, -0.05) is 67.6 Å². The summed E-state index contributed by atoms with van der Waals surface area (Å²) in [6.07, 6.45) is 5.63. The van der Waals surface area contributed by atoms with Crippen LogP contribution in [0.3, 0.4) is 0 Å². The smallest absolute Gasteiger partial charge is 0.249 e. The van der Waals surface area contributed by atoms with Crippen LogP contribution in [0.4, 0.5) is 5.69 Å². The molecular weight excluding hydrogens is 492 g/mol. The fourth-order valence-electron chi connectivity index (χ4n) is 4.07. The van der Waals surface area contributed by atoms with Crippen LogP contribution in [0.2, 0.25) is 0 Å². The molecule has 39 heavy (non-hydrogen) atoms. The number of carbonyl (C=O) groups excluding carboxylic acids is 3. The van der Waals surface area contributed by atoms with Crippen molar-refractivity contribution < 1.29 is 23.9 Å². The van der Waals surface area contributed by atoms with Crippen LogP contribution < -0.4 is 15.4 Å². The molecule has 3 aromatic carbocycles. The molecule has 4 rings (SSSR count). The second-order valence-electron chi connectivity index (χ2n) is 9.34. The summed E-state index contributed by atoms with van der Waals surface area (Å²) in [7, 11) is 0. The van der Waals surface area contributed by atoms with E-state index in [9.17, 15) is 14.4 Å². The van der Waals surface area contributed by atoms with Gasteiger partial charge in [0.1, 0.15) is 17.5 Å². The predicted octanol–water partition coefficient (Wildman–Crippen LogP) is 5.60. The molecular formula is C32H32N2O5. The molecule has 0 saturated heterocycles. The van der Waals surface area contributed by atoms with E-state index >= 15 is 0 Å². The zero-order chi connectivity index (χ0) is 27.5. The van der Waals surface area contributed by atoms with Crippen LogP contribution in [0.5, 0.6) is 11.5 Å². The molecule has 2 amide bonds. The highest BCUT2D eigenvalue weighted by atomic mass is 16.5. The van der Waals surface area contributed by atoms with E-state index in [-0.39, 0.29) is 24.2 Å². The van der Waals surface area contributed by atoms with Gasteiger partial charge in [-0.3, -0.25) is 14.4 Å². The fraction of sp³-hybridized carbons (Fsp3) is 0.219. The summed E-state index contributed by atoms with van der Waals surface area (Å²) in [6, 6.07) is 25.1. The zero-order valence-corrected chi connectivity index (χ0v) is 21.8. The normalized spacial score (nSPS) is 18.0. The zero-order valence-electron chi connectivity index (χ0n) is 21.8. The lowest BCUT2D eigenvalue weighted by atomic mass is 9.92. The minimum Gasteiger partial charge on any atom is -0.457 e. The fourth-order valence-corrected chi connectivity index (χ4v) is 4.07. The summed E-state index contributed by atoms with van der Waals surface area (Å²) in [5, 5.41) is 5.70.